The number of fused-ring (bicyclic) bond motifs is 3. The molecule has 5 nitrogen and oxygen atoms in total. The summed E-state index contributed by atoms with van der Waals surface area (Å²) in [5, 5.41) is -1.42. The summed E-state index contributed by atoms with van der Waals surface area (Å²) in [6.45, 7) is 3.62. The number of benzene rings is 2. The van der Waals surface area contributed by atoms with Crippen molar-refractivity contribution in [3.63, 3.8) is 0 Å². The van der Waals surface area contributed by atoms with Gasteiger partial charge in [0.15, 0.2) is 15.1 Å². The van der Waals surface area contributed by atoms with Crippen LogP contribution in [0, 0.1) is 5.82 Å². The molecule has 26 heavy (non-hydrogen) atoms. The normalized spacial score (nSPS) is 24.3. The third-order valence-corrected chi connectivity index (χ3v) is 7.03. The molecular weight excluding hydrogens is 357 g/mol. The third kappa shape index (κ3) is 2.38. The van der Waals surface area contributed by atoms with Gasteiger partial charge in [0.1, 0.15) is 11.5 Å². The zero-order chi connectivity index (χ0) is 18.7. The summed E-state index contributed by atoms with van der Waals surface area (Å²) >= 11 is 0. The highest BCUT2D eigenvalue weighted by atomic mass is 32.2. The molecule has 2 aromatic rings. The minimum absolute atomic E-state index is 0.0602. The third-order valence-electron chi connectivity index (χ3n) is 5.02. The molecule has 2 aliphatic heterocycles. The van der Waals surface area contributed by atoms with Crippen LogP contribution in [0.1, 0.15) is 36.3 Å². The number of carbonyl (C=O) groups excluding carboxylic acids is 1. The number of halogens is 1. The van der Waals surface area contributed by atoms with Crippen molar-refractivity contribution in [2.24, 2.45) is 0 Å². The molecule has 0 saturated carbocycles. The largest absolute Gasteiger partial charge is 0.354 e. The topological polar surface area (TPSA) is 63.7 Å². The quantitative estimate of drug-likeness (QED) is 0.810. The van der Waals surface area contributed by atoms with E-state index in [0.717, 1.165) is 0 Å². The van der Waals surface area contributed by atoms with Gasteiger partial charge in [-0.3, -0.25) is 4.79 Å². The van der Waals surface area contributed by atoms with Crippen LogP contribution in [0.2, 0.25) is 0 Å². The molecule has 0 bridgehead atoms. The Bertz CT molecular complexity index is 988. The number of hydrogen-bond acceptors (Lipinski definition) is 4. The average Bonchev–Trinajstić information content (AvgIpc) is 2.92. The maximum atomic E-state index is 13.9. The summed E-state index contributed by atoms with van der Waals surface area (Å²) in [5.74, 6) is -1.01. The highest BCUT2D eigenvalue weighted by molar-refractivity contribution is 7.92. The van der Waals surface area contributed by atoms with Crippen LogP contribution in [0.4, 0.5) is 4.39 Å². The Morgan fingerprint density at radius 1 is 1.12 bits per heavy atom. The van der Waals surface area contributed by atoms with Crippen LogP contribution in [-0.4, -0.2) is 31.6 Å². The van der Waals surface area contributed by atoms with E-state index in [1.165, 1.54) is 35.2 Å². The van der Waals surface area contributed by atoms with E-state index in [0.29, 0.717) is 11.1 Å². The molecule has 2 aromatic carbocycles. The first-order valence-corrected chi connectivity index (χ1v) is 9.83. The van der Waals surface area contributed by atoms with E-state index < -0.39 is 38.6 Å². The standard InChI is InChI=1S/C19H18FNO4S/c1-19(2)21-16(11-25-19)15-10-12(20)8-9-14(15)17(18(21)22)26(23,24)13-6-4-3-5-7-13/h3-10,16-17H,11H2,1-2H3/t16-,17-/m1/s1. The van der Waals surface area contributed by atoms with Crippen molar-refractivity contribution < 1.29 is 22.3 Å². The van der Waals surface area contributed by atoms with Gasteiger partial charge >= 0.3 is 0 Å². The van der Waals surface area contributed by atoms with Gasteiger partial charge < -0.3 is 9.64 Å². The SMILES string of the molecule is CC1(C)OC[C@@H]2c3cc(F)ccc3[C@@H](S(=O)(=O)c3ccccc3)C(=O)N21. The van der Waals surface area contributed by atoms with Gasteiger partial charge in [-0.05, 0) is 49.2 Å². The van der Waals surface area contributed by atoms with Crippen molar-refractivity contribution in [3.05, 3.63) is 65.5 Å². The van der Waals surface area contributed by atoms with Gasteiger partial charge in [0, 0.05) is 0 Å². The minimum atomic E-state index is -4.00. The predicted molar refractivity (Wildman–Crippen MR) is 92.4 cm³/mol. The lowest BCUT2D eigenvalue weighted by molar-refractivity contribution is -0.147. The molecular formula is C19H18FNO4S. The summed E-state index contributed by atoms with van der Waals surface area (Å²) < 4.78 is 46.1. The Morgan fingerprint density at radius 3 is 2.50 bits per heavy atom. The van der Waals surface area contributed by atoms with E-state index in [4.69, 9.17) is 4.74 Å². The van der Waals surface area contributed by atoms with Crippen LogP contribution in [0.25, 0.3) is 0 Å². The van der Waals surface area contributed by atoms with E-state index in [1.54, 1.807) is 32.0 Å². The number of ether oxygens (including phenoxy) is 1. The second kappa shape index (κ2) is 5.62. The fourth-order valence-electron chi connectivity index (χ4n) is 3.83. The fraction of sp³-hybridized carbons (Fsp3) is 0.316. The van der Waals surface area contributed by atoms with Gasteiger partial charge in [-0.1, -0.05) is 24.3 Å². The lowest BCUT2D eigenvalue weighted by Crippen LogP contribution is -2.51. The van der Waals surface area contributed by atoms with E-state index >= 15 is 0 Å². The van der Waals surface area contributed by atoms with Crippen LogP contribution in [0.3, 0.4) is 0 Å². The van der Waals surface area contributed by atoms with Crippen LogP contribution >= 0.6 is 0 Å². The molecule has 0 N–H and O–H groups in total. The van der Waals surface area contributed by atoms with Crippen molar-refractivity contribution in [2.45, 2.75) is 35.8 Å². The van der Waals surface area contributed by atoms with Crippen molar-refractivity contribution in [3.8, 4) is 0 Å². The predicted octanol–water partition coefficient (Wildman–Crippen LogP) is 2.99. The zero-order valence-electron chi connectivity index (χ0n) is 14.3. The Balaban J connectivity index is 1.95. The summed E-state index contributed by atoms with van der Waals surface area (Å²) in [5.41, 5.74) is -0.154. The first-order chi connectivity index (χ1) is 12.2. The first-order valence-electron chi connectivity index (χ1n) is 8.29. The van der Waals surface area contributed by atoms with E-state index in [9.17, 15) is 17.6 Å². The van der Waals surface area contributed by atoms with Gasteiger partial charge in [-0.15, -0.1) is 0 Å². The molecule has 7 heteroatoms. The number of nitrogens with zero attached hydrogens (tertiary/aromatic N) is 1. The maximum absolute atomic E-state index is 13.9. The number of sulfone groups is 1. The molecule has 1 saturated heterocycles. The number of hydrogen-bond donors (Lipinski definition) is 0. The Hall–Kier alpha value is -2.25. The van der Waals surface area contributed by atoms with Crippen LogP contribution in [-0.2, 0) is 19.4 Å². The zero-order valence-corrected chi connectivity index (χ0v) is 15.2. The molecule has 2 aliphatic rings. The van der Waals surface area contributed by atoms with Crippen molar-refractivity contribution in [1.82, 2.24) is 4.90 Å². The summed E-state index contributed by atoms with van der Waals surface area (Å²) in [4.78, 5) is 14.8. The van der Waals surface area contributed by atoms with E-state index in [-0.39, 0.29) is 11.5 Å². The molecule has 136 valence electrons. The second-order valence-corrected chi connectivity index (χ2v) is 9.03. The smallest absolute Gasteiger partial charge is 0.248 e. The van der Waals surface area contributed by atoms with Crippen LogP contribution in [0.5, 0.6) is 0 Å². The van der Waals surface area contributed by atoms with E-state index in [1.807, 2.05) is 0 Å². The number of amides is 1. The Kier molecular flexibility index (Phi) is 3.71. The molecule has 4 rings (SSSR count). The molecule has 1 amide bonds. The summed E-state index contributed by atoms with van der Waals surface area (Å²) in [7, 11) is -4.00. The van der Waals surface area contributed by atoms with Crippen LogP contribution in [0.15, 0.2) is 53.4 Å². The molecule has 0 radical (unpaired) electrons. The fourth-order valence-corrected chi connectivity index (χ4v) is 5.57. The lowest BCUT2D eigenvalue weighted by Gasteiger charge is -2.40. The van der Waals surface area contributed by atoms with Crippen molar-refractivity contribution in [1.29, 1.82) is 0 Å². The average molecular weight is 375 g/mol. The maximum Gasteiger partial charge on any atom is 0.248 e. The highest BCUT2D eigenvalue weighted by Gasteiger charge is 2.54. The molecule has 0 aromatic heterocycles. The summed E-state index contributed by atoms with van der Waals surface area (Å²) in [6, 6.07) is 11.2. The van der Waals surface area contributed by atoms with Gasteiger partial charge in [-0.25, -0.2) is 12.8 Å². The molecule has 0 spiro atoms. The molecule has 2 heterocycles. The van der Waals surface area contributed by atoms with Crippen molar-refractivity contribution >= 4 is 15.7 Å². The summed E-state index contributed by atoms with van der Waals surface area (Å²) in [6.07, 6.45) is 0. The molecule has 0 aliphatic carbocycles. The molecule has 2 atom stereocenters. The number of rotatable bonds is 2. The Labute approximate surface area is 151 Å². The van der Waals surface area contributed by atoms with Gasteiger partial charge in [0.25, 0.3) is 0 Å². The minimum Gasteiger partial charge on any atom is -0.354 e. The Morgan fingerprint density at radius 2 is 1.81 bits per heavy atom. The van der Waals surface area contributed by atoms with Crippen LogP contribution < -0.4 is 0 Å². The monoisotopic (exact) mass is 375 g/mol. The highest BCUT2D eigenvalue weighted by Crippen LogP contribution is 2.48. The molecule has 1 fully saturated rings. The second-order valence-electron chi connectivity index (χ2n) is 6.99. The van der Waals surface area contributed by atoms with Gasteiger partial charge in [-0.2, -0.15) is 0 Å². The lowest BCUT2D eigenvalue weighted by atomic mass is 9.91. The van der Waals surface area contributed by atoms with Crippen molar-refractivity contribution in [2.75, 3.05) is 6.61 Å². The van der Waals surface area contributed by atoms with Gasteiger partial charge in [0.05, 0.1) is 17.5 Å². The van der Waals surface area contributed by atoms with E-state index in [2.05, 4.69) is 0 Å². The van der Waals surface area contributed by atoms with Gasteiger partial charge in [0.2, 0.25) is 5.91 Å². The number of carbonyl (C=O) groups is 1. The first kappa shape index (κ1) is 17.2. The molecule has 0 unspecified atom stereocenters.